The topological polar surface area (TPSA) is 48.4 Å². The van der Waals surface area contributed by atoms with Gasteiger partial charge in [-0.05, 0) is 82.7 Å². The third-order valence-corrected chi connectivity index (χ3v) is 8.72. The first-order valence-electron chi connectivity index (χ1n) is 13.0. The molecule has 0 radical (unpaired) electrons. The van der Waals surface area contributed by atoms with Gasteiger partial charge in [0.25, 0.3) is 0 Å². The van der Waals surface area contributed by atoms with Crippen LogP contribution in [-0.4, -0.2) is 65.2 Å². The van der Waals surface area contributed by atoms with E-state index in [2.05, 4.69) is 63.1 Å². The third kappa shape index (κ3) is 3.92. The molecule has 6 rings (SSSR count). The number of aryl methyl sites for hydroxylation is 1. The van der Waals surface area contributed by atoms with Gasteiger partial charge in [-0.25, -0.2) is 9.97 Å². The largest absolute Gasteiger partial charge is 0.356 e. The summed E-state index contributed by atoms with van der Waals surface area (Å²) in [6, 6.07) is 13.0. The quantitative estimate of drug-likeness (QED) is 0.565. The van der Waals surface area contributed by atoms with Gasteiger partial charge in [0.15, 0.2) is 0 Å². The molecule has 3 aliphatic heterocycles. The van der Waals surface area contributed by atoms with Crippen molar-refractivity contribution in [3.63, 3.8) is 0 Å². The van der Waals surface area contributed by atoms with Crippen molar-refractivity contribution in [1.82, 2.24) is 19.9 Å². The maximum Gasteiger partial charge on any atom is 0.134 e. The highest BCUT2D eigenvalue weighted by Crippen LogP contribution is 2.39. The molecule has 1 spiro atoms. The Kier molecular flexibility index (Phi) is 5.64. The molecule has 6 heteroatoms. The maximum atomic E-state index is 4.85. The summed E-state index contributed by atoms with van der Waals surface area (Å²) in [6.45, 7) is 7.55. The number of benzene rings is 1. The lowest BCUT2D eigenvalue weighted by molar-refractivity contribution is 0.137. The molecule has 0 atom stereocenters. The highest BCUT2D eigenvalue weighted by molar-refractivity contribution is 5.82. The Hall–Kier alpha value is -2.73. The van der Waals surface area contributed by atoms with E-state index in [-0.39, 0.29) is 0 Å². The first kappa shape index (κ1) is 21.8. The summed E-state index contributed by atoms with van der Waals surface area (Å²) >= 11 is 0. The number of hydrogen-bond donors (Lipinski definition) is 0. The molecule has 0 N–H and O–H groups in total. The van der Waals surface area contributed by atoms with Gasteiger partial charge in [-0.3, -0.25) is 4.98 Å². The summed E-state index contributed by atoms with van der Waals surface area (Å²) < 4.78 is 0. The fourth-order valence-corrected chi connectivity index (χ4v) is 6.61. The Morgan fingerprint density at radius 1 is 0.853 bits per heavy atom. The number of piperidine rings is 2. The molecule has 3 aromatic rings. The molecule has 1 aromatic carbocycles. The summed E-state index contributed by atoms with van der Waals surface area (Å²) in [5, 5.41) is 1.30. The van der Waals surface area contributed by atoms with Crippen LogP contribution in [0.1, 0.15) is 55.8 Å². The second-order valence-corrected chi connectivity index (χ2v) is 10.5. The summed E-state index contributed by atoms with van der Waals surface area (Å²) in [7, 11) is 2.31. The van der Waals surface area contributed by atoms with Crippen LogP contribution in [0.25, 0.3) is 10.9 Å². The smallest absolute Gasteiger partial charge is 0.134 e. The van der Waals surface area contributed by atoms with Crippen LogP contribution in [0, 0.1) is 6.92 Å². The van der Waals surface area contributed by atoms with Crippen LogP contribution in [0.15, 0.2) is 42.6 Å². The Bertz CT molecular complexity index is 1160. The van der Waals surface area contributed by atoms with E-state index in [0.29, 0.717) is 11.5 Å². The third-order valence-electron chi connectivity index (χ3n) is 8.72. The molecule has 3 fully saturated rings. The van der Waals surface area contributed by atoms with Crippen LogP contribution in [0.2, 0.25) is 0 Å². The zero-order valence-corrected chi connectivity index (χ0v) is 20.6. The molecule has 3 aliphatic rings. The van der Waals surface area contributed by atoms with Crippen molar-refractivity contribution in [1.29, 1.82) is 0 Å². The van der Waals surface area contributed by atoms with Crippen LogP contribution in [0.3, 0.4) is 0 Å². The highest BCUT2D eigenvalue weighted by Gasteiger charge is 2.41. The summed E-state index contributed by atoms with van der Waals surface area (Å²) in [5.41, 5.74) is 2.98. The van der Waals surface area contributed by atoms with Gasteiger partial charge >= 0.3 is 0 Å². The Morgan fingerprint density at radius 3 is 2.26 bits per heavy atom. The molecule has 178 valence electrons. The number of rotatable bonds is 3. The molecule has 0 unspecified atom stereocenters. The molecule has 0 amide bonds. The van der Waals surface area contributed by atoms with Crippen molar-refractivity contribution in [2.45, 2.75) is 56.9 Å². The predicted octanol–water partition coefficient (Wildman–Crippen LogP) is 4.78. The van der Waals surface area contributed by atoms with E-state index in [9.17, 15) is 0 Å². The molecule has 0 bridgehead atoms. The van der Waals surface area contributed by atoms with Crippen LogP contribution in [-0.2, 0) is 0 Å². The van der Waals surface area contributed by atoms with Gasteiger partial charge in [-0.15, -0.1) is 0 Å². The number of pyridine rings is 1. The van der Waals surface area contributed by atoms with Gasteiger partial charge < -0.3 is 14.7 Å². The van der Waals surface area contributed by atoms with Crippen molar-refractivity contribution < 1.29 is 0 Å². The lowest BCUT2D eigenvalue weighted by atomic mass is 9.85. The molecule has 0 aliphatic carbocycles. The molecule has 0 saturated carbocycles. The van der Waals surface area contributed by atoms with Crippen molar-refractivity contribution >= 4 is 22.5 Å². The first-order chi connectivity index (χ1) is 16.6. The molecule has 2 aromatic heterocycles. The molecule has 34 heavy (non-hydrogen) atoms. The number of hydrogen-bond acceptors (Lipinski definition) is 6. The number of fused-ring (bicyclic) bond motifs is 1. The van der Waals surface area contributed by atoms with E-state index in [0.717, 1.165) is 62.0 Å². The summed E-state index contributed by atoms with van der Waals surface area (Å²) in [5.74, 6) is 3.67. The number of nitrogens with zero attached hydrogens (tertiary/aromatic N) is 6. The zero-order valence-electron chi connectivity index (χ0n) is 20.6. The molecule has 3 saturated heterocycles. The van der Waals surface area contributed by atoms with E-state index in [1.807, 2.05) is 13.1 Å². The summed E-state index contributed by atoms with van der Waals surface area (Å²) in [4.78, 5) is 21.8. The minimum atomic E-state index is 0.431. The minimum absolute atomic E-state index is 0.431. The Balaban J connectivity index is 1.15. The van der Waals surface area contributed by atoms with Crippen LogP contribution < -0.4 is 9.80 Å². The molecule has 5 heterocycles. The Labute approximate surface area is 203 Å². The average Bonchev–Trinajstić information content (AvgIpc) is 3.23. The van der Waals surface area contributed by atoms with Gasteiger partial charge in [-0.2, -0.15) is 0 Å². The van der Waals surface area contributed by atoms with Crippen molar-refractivity contribution in [3.8, 4) is 0 Å². The lowest BCUT2D eigenvalue weighted by Crippen LogP contribution is -2.51. The van der Waals surface area contributed by atoms with Gasteiger partial charge in [0.2, 0.25) is 0 Å². The monoisotopic (exact) mass is 456 g/mol. The van der Waals surface area contributed by atoms with E-state index in [1.54, 1.807) is 0 Å². The van der Waals surface area contributed by atoms with Gasteiger partial charge in [0, 0.05) is 49.4 Å². The standard InChI is InChI=1S/C28H36N6/c1-21-30-26(20-27(31-21)34-18-12-28(13-19-34)11-5-15-32(28)2)33-16-9-22(10-17-33)23-8-14-29-25-7-4-3-6-24(23)25/h3-4,6-8,14,20,22H,5,9-13,15-19H2,1-2H3. The predicted molar refractivity (Wildman–Crippen MR) is 139 cm³/mol. The average molecular weight is 457 g/mol. The van der Waals surface area contributed by atoms with E-state index < -0.39 is 0 Å². The fourth-order valence-electron chi connectivity index (χ4n) is 6.61. The summed E-state index contributed by atoms with van der Waals surface area (Å²) in [6.07, 6.45) is 9.44. The lowest BCUT2D eigenvalue weighted by Gasteiger charge is -2.44. The minimum Gasteiger partial charge on any atom is -0.356 e. The van der Waals surface area contributed by atoms with Gasteiger partial charge in [-0.1, -0.05) is 18.2 Å². The Morgan fingerprint density at radius 2 is 1.56 bits per heavy atom. The normalized spacial score (nSPS) is 21.6. The van der Waals surface area contributed by atoms with Crippen LogP contribution in [0.5, 0.6) is 0 Å². The second-order valence-electron chi connectivity index (χ2n) is 10.5. The van der Waals surface area contributed by atoms with Crippen LogP contribution in [0.4, 0.5) is 11.6 Å². The van der Waals surface area contributed by atoms with E-state index in [1.165, 1.54) is 43.2 Å². The second kappa shape index (κ2) is 8.81. The van der Waals surface area contributed by atoms with Gasteiger partial charge in [0.05, 0.1) is 5.52 Å². The maximum absolute atomic E-state index is 4.85. The molecular formula is C28H36N6. The van der Waals surface area contributed by atoms with E-state index in [4.69, 9.17) is 9.97 Å². The number of aromatic nitrogens is 3. The van der Waals surface area contributed by atoms with Crippen LogP contribution >= 0.6 is 0 Å². The number of anilines is 2. The van der Waals surface area contributed by atoms with Gasteiger partial charge in [0.1, 0.15) is 17.5 Å². The van der Waals surface area contributed by atoms with Crippen molar-refractivity contribution in [3.05, 3.63) is 54.0 Å². The van der Waals surface area contributed by atoms with Crippen molar-refractivity contribution in [2.75, 3.05) is 49.6 Å². The van der Waals surface area contributed by atoms with Crippen molar-refractivity contribution in [2.24, 2.45) is 0 Å². The fraction of sp³-hybridized carbons (Fsp3) is 0.536. The highest BCUT2D eigenvalue weighted by atomic mass is 15.3. The number of likely N-dealkylation sites (tertiary alicyclic amines) is 1. The van der Waals surface area contributed by atoms with E-state index >= 15 is 0 Å². The SMILES string of the molecule is Cc1nc(N2CCC(c3ccnc4ccccc34)CC2)cc(N2CCC3(CCCN3C)CC2)n1. The first-order valence-corrected chi connectivity index (χ1v) is 13.0. The number of para-hydroxylation sites is 1. The molecule has 6 nitrogen and oxygen atoms in total. The molecular weight excluding hydrogens is 420 g/mol. The zero-order chi connectivity index (χ0) is 23.1.